The Morgan fingerprint density at radius 2 is 2.16 bits per heavy atom. The molecule has 0 aromatic carbocycles. The second-order valence-electron chi connectivity index (χ2n) is 9.38. The van der Waals surface area contributed by atoms with E-state index >= 15 is 0 Å². The molecular formula is C28H32N4O5. The second kappa shape index (κ2) is 11.5. The number of aromatic nitrogens is 2. The van der Waals surface area contributed by atoms with E-state index in [-0.39, 0.29) is 12.1 Å². The van der Waals surface area contributed by atoms with Gasteiger partial charge in [-0.25, -0.2) is 14.7 Å². The Kier molecular flexibility index (Phi) is 7.70. The van der Waals surface area contributed by atoms with Gasteiger partial charge in [-0.2, -0.15) is 0 Å². The molecule has 0 radical (unpaired) electrons. The molecule has 2 unspecified atom stereocenters. The number of hydrogen-bond acceptors (Lipinski definition) is 8. The molecule has 194 valence electrons. The number of methoxy groups -OCH3 is 1. The zero-order chi connectivity index (χ0) is 25.6. The lowest BCUT2D eigenvalue weighted by atomic mass is 9.99. The molecule has 0 spiro atoms. The van der Waals surface area contributed by atoms with Crippen molar-refractivity contribution in [3.63, 3.8) is 0 Å². The highest BCUT2D eigenvalue weighted by Crippen LogP contribution is 2.30. The van der Waals surface area contributed by atoms with E-state index in [0.29, 0.717) is 30.5 Å². The number of unbranched alkanes of at least 4 members (excludes halogenated alkanes) is 1. The van der Waals surface area contributed by atoms with Crippen LogP contribution >= 0.6 is 0 Å². The predicted octanol–water partition coefficient (Wildman–Crippen LogP) is 5.37. The van der Waals surface area contributed by atoms with Gasteiger partial charge in [0, 0.05) is 24.7 Å². The van der Waals surface area contributed by atoms with Crippen molar-refractivity contribution in [1.82, 2.24) is 14.9 Å². The number of cyclic esters (lactones) is 1. The van der Waals surface area contributed by atoms with Crippen molar-refractivity contribution in [2.24, 2.45) is 5.73 Å². The Balaban J connectivity index is 1.09. The minimum atomic E-state index is -0.416. The summed E-state index contributed by atoms with van der Waals surface area (Å²) in [7, 11) is 1.59. The van der Waals surface area contributed by atoms with Gasteiger partial charge < -0.3 is 24.7 Å². The summed E-state index contributed by atoms with van der Waals surface area (Å²) in [6.07, 6.45) is 16.4. The molecule has 1 saturated heterocycles. The third-order valence-electron chi connectivity index (χ3n) is 6.73. The van der Waals surface area contributed by atoms with Gasteiger partial charge in [0.2, 0.25) is 11.8 Å². The fourth-order valence-electron chi connectivity index (χ4n) is 4.75. The standard InChI is InChI=1S/C28H32N4O5/c1-34-25-12-11-24-27(31-25)22(13-14-30-24)23(29)10-6-5-9-20-16-32(28(33)37-20)26-18-35-17-21(36-26)15-19-7-3-2-4-8-19/h2-3,7,11-14,17-18,20,23H,4-6,8-10,15-16,29H2,1H3. The lowest BCUT2D eigenvalue weighted by Gasteiger charge is -2.22. The normalized spacial score (nSPS) is 19.9. The number of amides is 1. The first-order valence-electron chi connectivity index (χ1n) is 12.7. The summed E-state index contributed by atoms with van der Waals surface area (Å²) in [5.41, 5.74) is 10.3. The predicted molar refractivity (Wildman–Crippen MR) is 138 cm³/mol. The number of carbonyl (C=O) groups excluding carboxylic acids is 1. The number of hydrogen-bond donors (Lipinski definition) is 1. The third kappa shape index (κ3) is 5.94. The van der Waals surface area contributed by atoms with Crippen LogP contribution in [-0.4, -0.2) is 40.7 Å². The number of pyridine rings is 2. The van der Waals surface area contributed by atoms with Crippen LogP contribution in [0, 0.1) is 0 Å². The Morgan fingerprint density at radius 1 is 1.24 bits per heavy atom. The maximum absolute atomic E-state index is 12.5. The summed E-state index contributed by atoms with van der Waals surface area (Å²) in [6, 6.07) is 5.42. The lowest BCUT2D eigenvalue weighted by Crippen LogP contribution is -2.27. The summed E-state index contributed by atoms with van der Waals surface area (Å²) < 4.78 is 22.3. The van der Waals surface area contributed by atoms with Gasteiger partial charge in [-0.05, 0) is 49.8 Å². The number of carbonyl (C=O) groups is 1. The van der Waals surface area contributed by atoms with E-state index in [9.17, 15) is 4.79 Å². The van der Waals surface area contributed by atoms with Crippen LogP contribution in [-0.2, 0) is 14.2 Å². The van der Waals surface area contributed by atoms with Crippen molar-refractivity contribution >= 4 is 17.1 Å². The first-order valence-corrected chi connectivity index (χ1v) is 12.7. The van der Waals surface area contributed by atoms with E-state index in [4.69, 9.17) is 24.7 Å². The summed E-state index contributed by atoms with van der Waals surface area (Å²) in [5, 5.41) is 0. The molecule has 0 saturated carbocycles. The minimum Gasteiger partial charge on any atom is -0.481 e. The van der Waals surface area contributed by atoms with E-state index in [1.165, 1.54) is 16.7 Å². The third-order valence-corrected chi connectivity index (χ3v) is 6.73. The Labute approximate surface area is 216 Å². The number of nitrogens with two attached hydrogens (primary N) is 1. The topological polar surface area (TPSA) is 109 Å². The van der Waals surface area contributed by atoms with Crippen LogP contribution in [0.4, 0.5) is 4.79 Å². The molecule has 37 heavy (non-hydrogen) atoms. The van der Waals surface area contributed by atoms with Gasteiger partial charge in [-0.1, -0.05) is 30.2 Å². The van der Waals surface area contributed by atoms with Crippen LogP contribution in [0.5, 0.6) is 5.88 Å². The van der Waals surface area contributed by atoms with Crippen molar-refractivity contribution in [1.29, 1.82) is 0 Å². The molecule has 9 heteroatoms. The van der Waals surface area contributed by atoms with E-state index < -0.39 is 6.09 Å². The molecule has 2 aromatic rings. The molecule has 5 rings (SSSR count). The van der Waals surface area contributed by atoms with Gasteiger partial charge >= 0.3 is 6.09 Å². The van der Waals surface area contributed by atoms with E-state index in [1.807, 2.05) is 12.1 Å². The Morgan fingerprint density at radius 3 is 3.00 bits per heavy atom. The average Bonchev–Trinajstić information content (AvgIpc) is 3.31. The first kappa shape index (κ1) is 24.8. The highest BCUT2D eigenvalue weighted by Gasteiger charge is 2.35. The zero-order valence-corrected chi connectivity index (χ0v) is 21.0. The molecule has 1 aliphatic carbocycles. The highest BCUT2D eigenvalue weighted by molar-refractivity contribution is 5.78. The molecule has 2 aromatic heterocycles. The molecule has 0 bridgehead atoms. The molecule has 9 nitrogen and oxygen atoms in total. The van der Waals surface area contributed by atoms with Crippen LogP contribution in [0.25, 0.3) is 11.0 Å². The molecule has 4 heterocycles. The lowest BCUT2D eigenvalue weighted by molar-refractivity contribution is 0.114. The Hall–Kier alpha value is -3.85. The van der Waals surface area contributed by atoms with E-state index in [2.05, 4.69) is 28.2 Å². The quantitative estimate of drug-likeness (QED) is 0.430. The summed E-state index contributed by atoms with van der Waals surface area (Å²) in [4.78, 5) is 22.9. The van der Waals surface area contributed by atoms with Gasteiger partial charge in [0.25, 0.3) is 0 Å². The van der Waals surface area contributed by atoms with Crippen molar-refractivity contribution in [3.05, 3.63) is 77.9 Å². The maximum Gasteiger partial charge on any atom is 0.417 e. The summed E-state index contributed by atoms with van der Waals surface area (Å²) in [5.74, 6) is 1.58. The van der Waals surface area contributed by atoms with E-state index in [1.54, 1.807) is 25.6 Å². The van der Waals surface area contributed by atoms with Crippen LogP contribution in [0.1, 0.15) is 56.6 Å². The molecule has 2 N–H and O–H groups in total. The van der Waals surface area contributed by atoms with Gasteiger partial charge in [-0.15, -0.1) is 0 Å². The zero-order valence-electron chi connectivity index (χ0n) is 21.0. The molecule has 3 aliphatic rings. The SMILES string of the molecule is COc1ccc2nccc(C(N)CCCCC3CN(C4=COC=C(CC5=CC=CCC5)O4)C(=O)O3)c2n1. The van der Waals surface area contributed by atoms with Crippen molar-refractivity contribution < 1.29 is 23.7 Å². The summed E-state index contributed by atoms with van der Waals surface area (Å²) in [6.45, 7) is 0.428. The summed E-state index contributed by atoms with van der Waals surface area (Å²) >= 11 is 0. The largest absolute Gasteiger partial charge is 0.481 e. The number of rotatable bonds is 10. The smallest absolute Gasteiger partial charge is 0.417 e. The van der Waals surface area contributed by atoms with Crippen molar-refractivity contribution in [3.8, 4) is 5.88 Å². The van der Waals surface area contributed by atoms with Crippen LogP contribution in [0.2, 0.25) is 0 Å². The van der Waals surface area contributed by atoms with Crippen LogP contribution in [0.3, 0.4) is 0 Å². The van der Waals surface area contributed by atoms with E-state index in [0.717, 1.165) is 55.1 Å². The fraction of sp³-hybridized carbons (Fsp3) is 0.393. The molecule has 1 amide bonds. The van der Waals surface area contributed by atoms with Gasteiger partial charge in [-0.3, -0.25) is 4.98 Å². The van der Waals surface area contributed by atoms with Gasteiger partial charge in [0.1, 0.15) is 18.1 Å². The molecule has 2 atom stereocenters. The first-order chi connectivity index (χ1) is 18.1. The second-order valence-corrected chi connectivity index (χ2v) is 9.38. The van der Waals surface area contributed by atoms with Crippen molar-refractivity contribution in [2.45, 2.75) is 57.1 Å². The number of fused-ring (bicyclic) bond motifs is 1. The number of nitrogens with zero attached hydrogens (tertiary/aromatic N) is 3. The maximum atomic E-state index is 12.5. The highest BCUT2D eigenvalue weighted by atomic mass is 16.6. The molecule has 1 fully saturated rings. The monoisotopic (exact) mass is 504 g/mol. The van der Waals surface area contributed by atoms with Crippen LogP contribution in [0.15, 0.2) is 72.4 Å². The average molecular weight is 505 g/mol. The minimum absolute atomic E-state index is 0.175. The van der Waals surface area contributed by atoms with Gasteiger partial charge in [0.15, 0.2) is 6.26 Å². The molecule has 2 aliphatic heterocycles. The van der Waals surface area contributed by atoms with Crippen LogP contribution < -0.4 is 10.5 Å². The Bertz CT molecular complexity index is 1270. The fourth-order valence-corrected chi connectivity index (χ4v) is 4.75. The number of allylic oxidation sites excluding steroid dienone is 4. The van der Waals surface area contributed by atoms with Gasteiger partial charge in [0.05, 0.1) is 24.7 Å². The molecular weight excluding hydrogens is 472 g/mol. The van der Waals surface area contributed by atoms with Crippen molar-refractivity contribution in [2.75, 3.05) is 13.7 Å². The number of ether oxygens (including phenoxy) is 4.